The van der Waals surface area contributed by atoms with Crippen LogP contribution in [0.2, 0.25) is 5.02 Å². The van der Waals surface area contributed by atoms with Crippen molar-refractivity contribution >= 4 is 22.7 Å². The van der Waals surface area contributed by atoms with Gasteiger partial charge < -0.3 is 4.55 Å². The molecule has 156 valence electrons. The van der Waals surface area contributed by atoms with Gasteiger partial charge in [0.05, 0.1) is 24.1 Å². The molecule has 4 rings (SSSR count). The maximum absolute atomic E-state index is 13.5. The summed E-state index contributed by atoms with van der Waals surface area (Å²) in [5.41, 5.74) is 4.28. The lowest BCUT2D eigenvalue weighted by molar-refractivity contribution is 0.563. The molecule has 0 aliphatic rings. The molecule has 0 radical (unpaired) electrons. The minimum Gasteiger partial charge on any atom is -0.306 e. The van der Waals surface area contributed by atoms with Crippen molar-refractivity contribution in [3.8, 4) is 22.3 Å². The van der Waals surface area contributed by atoms with E-state index in [0.29, 0.717) is 22.7 Å². The number of hydrogen-bond acceptors (Lipinski definition) is 3. The first-order valence-electron chi connectivity index (χ1n) is 9.58. The molecule has 0 aliphatic heterocycles. The van der Waals surface area contributed by atoms with Crippen LogP contribution in [0.4, 0.5) is 0 Å². The molecule has 1 aromatic heterocycles. The Bertz CT molecular complexity index is 1270. The van der Waals surface area contributed by atoms with Crippen molar-refractivity contribution < 1.29 is 8.76 Å². The molecule has 0 fully saturated rings. The summed E-state index contributed by atoms with van der Waals surface area (Å²) in [4.78, 5) is 13.5. The van der Waals surface area contributed by atoms with E-state index in [0.717, 1.165) is 22.3 Å². The Morgan fingerprint density at radius 1 is 0.871 bits per heavy atom. The van der Waals surface area contributed by atoms with Gasteiger partial charge in [-0.25, -0.2) is 8.89 Å². The Balaban J connectivity index is 1.82. The van der Waals surface area contributed by atoms with Gasteiger partial charge in [-0.2, -0.15) is 5.10 Å². The zero-order valence-electron chi connectivity index (χ0n) is 16.4. The Hall–Kier alpha value is -3.06. The van der Waals surface area contributed by atoms with Crippen LogP contribution in [0.15, 0.2) is 89.9 Å². The molecule has 1 unspecified atom stereocenters. The second kappa shape index (κ2) is 9.39. The highest BCUT2D eigenvalue weighted by molar-refractivity contribution is 7.78. The fourth-order valence-corrected chi connectivity index (χ4v) is 4.00. The Morgan fingerprint density at radius 2 is 1.52 bits per heavy atom. The minimum atomic E-state index is -1.91. The molecule has 0 aliphatic carbocycles. The Labute approximate surface area is 187 Å². The first kappa shape index (κ1) is 21.2. The lowest BCUT2D eigenvalue weighted by atomic mass is 9.96. The van der Waals surface area contributed by atoms with Crippen molar-refractivity contribution in [2.24, 2.45) is 0 Å². The maximum atomic E-state index is 13.5. The summed E-state index contributed by atoms with van der Waals surface area (Å²) in [7, 11) is 0. The fourth-order valence-electron chi connectivity index (χ4n) is 3.40. The normalized spacial score (nSPS) is 11.9. The average molecular weight is 451 g/mol. The molecule has 0 bridgehead atoms. The molecule has 0 saturated heterocycles. The first-order valence-corrected chi connectivity index (χ1v) is 11.2. The van der Waals surface area contributed by atoms with Crippen molar-refractivity contribution in [1.29, 1.82) is 0 Å². The second-order valence-electron chi connectivity index (χ2n) is 7.05. The largest absolute Gasteiger partial charge is 0.306 e. The minimum absolute atomic E-state index is 0.0568. The molecule has 0 saturated carbocycles. The molecular weight excluding hydrogens is 432 g/mol. The van der Waals surface area contributed by atoms with Crippen LogP contribution in [-0.2, 0) is 23.4 Å². The number of halogens is 1. The summed E-state index contributed by atoms with van der Waals surface area (Å²) in [6, 6.07) is 24.1. The smallest absolute Gasteiger partial charge is 0.275 e. The van der Waals surface area contributed by atoms with E-state index in [1.807, 2.05) is 54.6 Å². The predicted molar refractivity (Wildman–Crippen MR) is 124 cm³/mol. The van der Waals surface area contributed by atoms with E-state index in [-0.39, 0.29) is 11.3 Å². The zero-order valence-corrected chi connectivity index (χ0v) is 18.0. The van der Waals surface area contributed by atoms with Gasteiger partial charge in [-0.05, 0) is 34.4 Å². The topological polar surface area (TPSA) is 72.2 Å². The highest BCUT2D eigenvalue weighted by Gasteiger charge is 2.16. The van der Waals surface area contributed by atoms with Crippen LogP contribution in [0, 0.1) is 0 Å². The van der Waals surface area contributed by atoms with E-state index in [2.05, 4.69) is 5.10 Å². The van der Waals surface area contributed by atoms with Gasteiger partial charge in [0.15, 0.2) is 11.1 Å². The van der Waals surface area contributed by atoms with Crippen molar-refractivity contribution in [3.05, 3.63) is 112 Å². The van der Waals surface area contributed by atoms with Gasteiger partial charge in [-0.3, -0.25) is 4.79 Å². The summed E-state index contributed by atoms with van der Waals surface area (Å²) in [6.45, 7) is 0.363. The SMILES string of the molecule is O=c1c(-c2ccc(Cl)cc2)c(-c2ccc(CS(=O)O)cc2)cnn1Cc1ccccc1. The summed E-state index contributed by atoms with van der Waals surface area (Å²) in [5.74, 6) is 0.0568. The van der Waals surface area contributed by atoms with Crippen LogP contribution in [0.25, 0.3) is 22.3 Å². The van der Waals surface area contributed by atoms with Gasteiger partial charge in [0.1, 0.15) is 0 Å². The zero-order chi connectivity index (χ0) is 21.8. The fraction of sp³-hybridized carbons (Fsp3) is 0.0833. The first-order chi connectivity index (χ1) is 15.0. The van der Waals surface area contributed by atoms with Crippen LogP contribution >= 0.6 is 11.6 Å². The monoisotopic (exact) mass is 450 g/mol. The van der Waals surface area contributed by atoms with E-state index in [9.17, 15) is 9.00 Å². The number of hydrogen-bond donors (Lipinski definition) is 1. The summed E-state index contributed by atoms with van der Waals surface area (Å²) >= 11 is 4.14. The number of nitrogens with zero attached hydrogens (tertiary/aromatic N) is 2. The molecule has 7 heteroatoms. The second-order valence-corrected chi connectivity index (χ2v) is 8.42. The molecule has 0 amide bonds. The quantitative estimate of drug-likeness (QED) is 0.419. The van der Waals surface area contributed by atoms with E-state index in [4.69, 9.17) is 16.2 Å². The summed E-state index contributed by atoms with van der Waals surface area (Å²) in [5, 5.41) is 5.00. The van der Waals surface area contributed by atoms with E-state index in [1.54, 1.807) is 30.5 Å². The molecule has 0 spiro atoms. The van der Waals surface area contributed by atoms with Gasteiger partial charge in [-0.15, -0.1) is 0 Å². The Morgan fingerprint density at radius 3 is 2.16 bits per heavy atom. The Kier molecular flexibility index (Phi) is 6.42. The van der Waals surface area contributed by atoms with Crippen LogP contribution in [0.3, 0.4) is 0 Å². The molecule has 3 aromatic carbocycles. The molecule has 5 nitrogen and oxygen atoms in total. The van der Waals surface area contributed by atoms with Crippen LogP contribution in [-0.4, -0.2) is 18.5 Å². The molecule has 31 heavy (non-hydrogen) atoms. The maximum Gasteiger partial charge on any atom is 0.275 e. The molecule has 4 aromatic rings. The highest BCUT2D eigenvalue weighted by atomic mass is 35.5. The average Bonchev–Trinajstić information content (AvgIpc) is 2.77. The third-order valence-electron chi connectivity index (χ3n) is 4.91. The lowest BCUT2D eigenvalue weighted by Crippen LogP contribution is -2.25. The number of rotatable bonds is 6. The van der Waals surface area contributed by atoms with E-state index >= 15 is 0 Å². The van der Waals surface area contributed by atoms with E-state index < -0.39 is 11.1 Å². The van der Waals surface area contributed by atoms with Gasteiger partial charge in [0, 0.05) is 10.6 Å². The van der Waals surface area contributed by atoms with Gasteiger partial charge in [0.25, 0.3) is 5.56 Å². The van der Waals surface area contributed by atoms with Crippen molar-refractivity contribution in [2.45, 2.75) is 12.3 Å². The predicted octanol–water partition coefficient (Wildman–Crippen LogP) is 5.00. The summed E-state index contributed by atoms with van der Waals surface area (Å²) < 4.78 is 21.6. The van der Waals surface area contributed by atoms with Crippen LogP contribution in [0.1, 0.15) is 11.1 Å². The van der Waals surface area contributed by atoms with Crippen molar-refractivity contribution in [3.63, 3.8) is 0 Å². The third kappa shape index (κ3) is 4.99. The summed E-state index contributed by atoms with van der Waals surface area (Å²) in [6.07, 6.45) is 1.69. The molecular formula is C24H19ClN2O3S. The molecule has 1 N–H and O–H groups in total. The lowest BCUT2D eigenvalue weighted by Gasteiger charge is -2.13. The van der Waals surface area contributed by atoms with Crippen molar-refractivity contribution in [2.75, 3.05) is 0 Å². The van der Waals surface area contributed by atoms with Crippen molar-refractivity contribution in [1.82, 2.24) is 9.78 Å². The van der Waals surface area contributed by atoms with E-state index in [1.165, 1.54) is 4.68 Å². The standard InChI is InChI=1S/C24H19ClN2O3S/c25-21-12-10-20(11-13-21)23-22(19-8-6-18(7-9-19)16-31(29)30)14-26-27(24(23)28)15-17-4-2-1-3-5-17/h1-14H,15-16H2,(H,29,30). The number of benzene rings is 3. The number of aromatic nitrogens is 2. The molecule has 1 heterocycles. The highest BCUT2D eigenvalue weighted by Crippen LogP contribution is 2.30. The third-order valence-corrected chi connectivity index (χ3v) is 5.74. The molecule has 1 atom stereocenters. The van der Waals surface area contributed by atoms with Crippen LogP contribution in [0.5, 0.6) is 0 Å². The van der Waals surface area contributed by atoms with Gasteiger partial charge in [-0.1, -0.05) is 78.3 Å². The van der Waals surface area contributed by atoms with Gasteiger partial charge >= 0.3 is 0 Å². The van der Waals surface area contributed by atoms with Crippen LogP contribution < -0.4 is 5.56 Å². The van der Waals surface area contributed by atoms with Gasteiger partial charge in [0.2, 0.25) is 0 Å².